The van der Waals surface area contributed by atoms with E-state index < -0.39 is 0 Å². The fourth-order valence-corrected chi connectivity index (χ4v) is 2.57. The minimum atomic E-state index is -0.390. The number of nitrogens with one attached hydrogen (secondary N) is 2. The van der Waals surface area contributed by atoms with Crippen LogP contribution >= 0.6 is 35.6 Å². The molecule has 0 radical (unpaired) electrons. The molecule has 0 aliphatic heterocycles. The molecule has 0 fully saturated rings. The van der Waals surface area contributed by atoms with Gasteiger partial charge in [-0.25, -0.2) is 0 Å². The van der Waals surface area contributed by atoms with Crippen LogP contribution in [0.3, 0.4) is 0 Å². The van der Waals surface area contributed by atoms with Gasteiger partial charge in [0.15, 0.2) is 0 Å². The SMILES string of the molecule is CCC(CC)(NC(=O)CCNC)c1ccc(Cl)c(Cl)c1.Cl. The molecule has 6 heteroatoms. The van der Waals surface area contributed by atoms with E-state index in [0.29, 0.717) is 23.0 Å². The van der Waals surface area contributed by atoms with E-state index in [0.717, 1.165) is 18.4 Å². The van der Waals surface area contributed by atoms with Crippen LogP contribution in [-0.4, -0.2) is 19.5 Å². The monoisotopic (exact) mass is 352 g/mol. The maximum atomic E-state index is 12.1. The van der Waals surface area contributed by atoms with Crippen molar-refractivity contribution in [3.05, 3.63) is 33.8 Å². The van der Waals surface area contributed by atoms with Crippen molar-refractivity contribution >= 4 is 41.5 Å². The summed E-state index contributed by atoms with van der Waals surface area (Å²) < 4.78 is 0. The third-order valence-electron chi connectivity index (χ3n) is 3.66. The fourth-order valence-electron chi connectivity index (χ4n) is 2.27. The van der Waals surface area contributed by atoms with Crippen LogP contribution < -0.4 is 10.6 Å². The van der Waals surface area contributed by atoms with Gasteiger partial charge in [0.1, 0.15) is 0 Å². The van der Waals surface area contributed by atoms with E-state index in [9.17, 15) is 4.79 Å². The lowest BCUT2D eigenvalue weighted by molar-refractivity contribution is -0.123. The summed E-state index contributed by atoms with van der Waals surface area (Å²) in [4.78, 5) is 12.1. The molecule has 120 valence electrons. The Morgan fingerprint density at radius 3 is 2.29 bits per heavy atom. The van der Waals surface area contributed by atoms with Crippen LogP contribution in [0.15, 0.2) is 18.2 Å². The number of hydrogen-bond donors (Lipinski definition) is 2. The second-order valence-electron chi connectivity index (χ2n) is 4.82. The zero-order valence-corrected chi connectivity index (χ0v) is 15.0. The average molecular weight is 354 g/mol. The second kappa shape index (κ2) is 9.52. The maximum Gasteiger partial charge on any atom is 0.221 e. The highest BCUT2D eigenvalue weighted by Gasteiger charge is 2.30. The molecular weight excluding hydrogens is 331 g/mol. The number of carbonyl (C=O) groups is 1. The van der Waals surface area contributed by atoms with Crippen LogP contribution in [0.4, 0.5) is 0 Å². The number of rotatable bonds is 7. The number of hydrogen-bond acceptors (Lipinski definition) is 2. The minimum Gasteiger partial charge on any atom is -0.347 e. The van der Waals surface area contributed by atoms with E-state index in [1.54, 1.807) is 6.07 Å². The van der Waals surface area contributed by atoms with Gasteiger partial charge in [-0.1, -0.05) is 43.1 Å². The minimum absolute atomic E-state index is 0. The summed E-state index contributed by atoms with van der Waals surface area (Å²) in [6.45, 7) is 4.78. The van der Waals surface area contributed by atoms with Crippen molar-refractivity contribution in [2.75, 3.05) is 13.6 Å². The number of benzene rings is 1. The molecular formula is C15H23Cl3N2O. The first-order valence-electron chi connectivity index (χ1n) is 6.90. The lowest BCUT2D eigenvalue weighted by Crippen LogP contribution is -2.45. The third kappa shape index (κ3) is 5.33. The highest BCUT2D eigenvalue weighted by Crippen LogP contribution is 2.33. The van der Waals surface area contributed by atoms with Gasteiger partial charge in [0, 0.05) is 13.0 Å². The molecule has 0 saturated carbocycles. The molecule has 0 aliphatic carbocycles. The van der Waals surface area contributed by atoms with E-state index in [-0.39, 0.29) is 23.9 Å². The largest absolute Gasteiger partial charge is 0.347 e. The summed E-state index contributed by atoms with van der Waals surface area (Å²) >= 11 is 12.1. The summed E-state index contributed by atoms with van der Waals surface area (Å²) in [5.41, 5.74) is 0.605. The molecule has 0 saturated heterocycles. The molecule has 1 rings (SSSR count). The van der Waals surface area contributed by atoms with Gasteiger partial charge in [0.2, 0.25) is 5.91 Å². The highest BCUT2D eigenvalue weighted by molar-refractivity contribution is 6.42. The van der Waals surface area contributed by atoms with Crippen LogP contribution in [0.1, 0.15) is 38.7 Å². The molecule has 0 atom stereocenters. The average Bonchev–Trinajstić information content (AvgIpc) is 2.45. The summed E-state index contributed by atoms with van der Waals surface area (Å²) in [7, 11) is 1.83. The van der Waals surface area contributed by atoms with E-state index in [2.05, 4.69) is 24.5 Å². The highest BCUT2D eigenvalue weighted by atomic mass is 35.5. The van der Waals surface area contributed by atoms with Crippen molar-refractivity contribution in [1.29, 1.82) is 0 Å². The standard InChI is InChI=1S/C15H22Cl2N2O.ClH/c1-4-15(5-2,19-14(20)8-9-18-3)11-6-7-12(16)13(17)10-11;/h6-7,10,18H,4-5,8-9H2,1-3H3,(H,19,20);1H. The van der Waals surface area contributed by atoms with Crippen molar-refractivity contribution in [3.63, 3.8) is 0 Å². The molecule has 0 unspecified atom stereocenters. The molecule has 0 heterocycles. The Hall–Kier alpha value is -0.480. The normalized spacial score (nSPS) is 10.9. The molecule has 21 heavy (non-hydrogen) atoms. The van der Waals surface area contributed by atoms with Gasteiger partial charge in [0.25, 0.3) is 0 Å². The van der Waals surface area contributed by atoms with Gasteiger partial charge in [0.05, 0.1) is 15.6 Å². The number of carbonyl (C=O) groups excluding carboxylic acids is 1. The fraction of sp³-hybridized carbons (Fsp3) is 0.533. The van der Waals surface area contributed by atoms with Gasteiger partial charge in [-0.05, 0) is 37.6 Å². The van der Waals surface area contributed by atoms with E-state index in [4.69, 9.17) is 23.2 Å². The Morgan fingerprint density at radius 1 is 1.19 bits per heavy atom. The van der Waals surface area contributed by atoms with Gasteiger partial charge >= 0.3 is 0 Å². The second-order valence-corrected chi connectivity index (χ2v) is 5.63. The van der Waals surface area contributed by atoms with E-state index in [1.807, 2.05) is 19.2 Å². The zero-order chi connectivity index (χ0) is 15.2. The van der Waals surface area contributed by atoms with Gasteiger partial charge in [-0.15, -0.1) is 12.4 Å². The number of amides is 1. The van der Waals surface area contributed by atoms with Crippen molar-refractivity contribution in [3.8, 4) is 0 Å². The summed E-state index contributed by atoms with van der Waals surface area (Å²) in [5.74, 6) is 0.0362. The molecule has 1 amide bonds. The lowest BCUT2D eigenvalue weighted by atomic mass is 9.84. The lowest BCUT2D eigenvalue weighted by Gasteiger charge is -2.34. The smallest absolute Gasteiger partial charge is 0.221 e. The first kappa shape index (κ1) is 20.5. The van der Waals surface area contributed by atoms with Crippen LogP contribution in [-0.2, 0) is 10.3 Å². The van der Waals surface area contributed by atoms with Crippen molar-refractivity contribution in [2.24, 2.45) is 0 Å². The summed E-state index contributed by atoms with van der Waals surface area (Å²) in [6.07, 6.45) is 2.05. The van der Waals surface area contributed by atoms with Crippen LogP contribution in [0.25, 0.3) is 0 Å². The van der Waals surface area contributed by atoms with Gasteiger partial charge < -0.3 is 10.6 Å². The Kier molecular flexibility index (Phi) is 9.30. The quantitative estimate of drug-likeness (QED) is 0.773. The summed E-state index contributed by atoms with van der Waals surface area (Å²) in [5, 5.41) is 7.16. The van der Waals surface area contributed by atoms with Crippen molar-refractivity contribution in [2.45, 2.75) is 38.6 Å². The number of halogens is 3. The van der Waals surface area contributed by atoms with E-state index in [1.165, 1.54) is 0 Å². The van der Waals surface area contributed by atoms with Gasteiger partial charge in [-0.3, -0.25) is 4.79 Å². The van der Waals surface area contributed by atoms with Crippen molar-refractivity contribution < 1.29 is 4.79 Å². The predicted molar refractivity (Wildman–Crippen MR) is 92.7 cm³/mol. The Bertz CT molecular complexity index is 462. The molecule has 0 aromatic heterocycles. The molecule has 0 bridgehead atoms. The first-order valence-corrected chi connectivity index (χ1v) is 7.65. The zero-order valence-electron chi connectivity index (χ0n) is 12.6. The molecule has 1 aromatic rings. The van der Waals surface area contributed by atoms with Crippen LogP contribution in [0.5, 0.6) is 0 Å². The predicted octanol–water partition coefficient (Wildman–Crippen LogP) is 4.16. The first-order chi connectivity index (χ1) is 9.49. The summed E-state index contributed by atoms with van der Waals surface area (Å²) in [6, 6.07) is 5.55. The third-order valence-corrected chi connectivity index (χ3v) is 4.40. The topological polar surface area (TPSA) is 41.1 Å². The Labute approximate surface area is 143 Å². The molecule has 2 N–H and O–H groups in total. The van der Waals surface area contributed by atoms with Crippen LogP contribution in [0.2, 0.25) is 10.0 Å². The maximum absolute atomic E-state index is 12.1. The molecule has 0 aliphatic rings. The Balaban J connectivity index is 0.00000400. The Morgan fingerprint density at radius 2 is 1.81 bits per heavy atom. The molecule has 1 aromatic carbocycles. The van der Waals surface area contributed by atoms with Crippen molar-refractivity contribution in [1.82, 2.24) is 10.6 Å². The van der Waals surface area contributed by atoms with E-state index >= 15 is 0 Å². The molecule has 3 nitrogen and oxygen atoms in total. The molecule has 0 spiro atoms. The van der Waals surface area contributed by atoms with Gasteiger partial charge in [-0.2, -0.15) is 0 Å². The van der Waals surface area contributed by atoms with Crippen LogP contribution in [0, 0.1) is 0 Å².